The minimum Gasteiger partial charge on any atom is -0.272 e. The molecule has 38 heavy (non-hydrogen) atoms. The van der Waals surface area contributed by atoms with E-state index in [4.69, 9.17) is 0 Å². The molecule has 4 rings (SSSR count). The van der Waals surface area contributed by atoms with Crippen LogP contribution in [0, 0.1) is 17.0 Å². The molecule has 1 amide bonds. The first-order valence-corrected chi connectivity index (χ1v) is 12.9. The number of carbonyl (C=O) groups is 1. The average Bonchev–Trinajstić information content (AvgIpc) is 3.31. The second kappa shape index (κ2) is 11.4. The Hall–Kier alpha value is -4.31. The third-order valence-corrected chi connectivity index (χ3v) is 6.72. The zero-order valence-corrected chi connectivity index (χ0v) is 22.4. The van der Waals surface area contributed by atoms with Crippen LogP contribution in [0.15, 0.2) is 83.1 Å². The number of nitro benzene ring substituents is 1. The smallest absolute Gasteiger partial charge is 0.272 e. The molecule has 0 unspecified atom stereocenters. The van der Waals surface area contributed by atoms with Gasteiger partial charge >= 0.3 is 0 Å². The fourth-order valence-corrected chi connectivity index (χ4v) is 4.44. The molecular formula is C28H28N6O3S. The van der Waals surface area contributed by atoms with Crippen LogP contribution < -0.4 is 5.43 Å². The van der Waals surface area contributed by atoms with Crippen molar-refractivity contribution in [1.29, 1.82) is 0 Å². The summed E-state index contributed by atoms with van der Waals surface area (Å²) in [6.07, 6.45) is 1.26. The number of hydrazone groups is 1. The lowest BCUT2D eigenvalue weighted by Crippen LogP contribution is -2.20. The van der Waals surface area contributed by atoms with Crippen molar-refractivity contribution >= 4 is 29.6 Å². The number of hydrogen-bond donors (Lipinski definition) is 1. The molecule has 0 spiro atoms. The molecular weight excluding hydrogens is 500 g/mol. The van der Waals surface area contributed by atoms with Gasteiger partial charge in [0.25, 0.3) is 11.6 Å². The summed E-state index contributed by atoms with van der Waals surface area (Å²) in [6.45, 7) is 8.53. The number of hydrogen-bond acceptors (Lipinski definition) is 7. The molecule has 9 nitrogen and oxygen atoms in total. The predicted octanol–water partition coefficient (Wildman–Crippen LogP) is 5.69. The van der Waals surface area contributed by atoms with E-state index in [1.54, 1.807) is 18.2 Å². The lowest BCUT2D eigenvalue weighted by atomic mass is 9.87. The molecule has 3 aromatic carbocycles. The molecule has 4 aromatic rings. The van der Waals surface area contributed by atoms with Crippen LogP contribution in [0.3, 0.4) is 0 Å². The maximum atomic E-state index is 12.5. The second-order valence-corrected chi connectivity index (χ2v) is 10.6. The fraction of sp³-hybridized carbons (Fsp3) is 0.214. The third-order valence-electron chi connectivity index (χ3n) is 5.79. The molecule has 1 aromatic heterocycles. The summed E-state index contributed by atoms with van der Waals surface area (Å²) >= 11 is 1.23. The fourth-order valence-electron chi connectivity index (χ4n) is 3.70. The Labute approximate surface area is 225 Å². The van der Waals surface area contributed by atoms with Gasteiger partial charge in [-0.2, -0.15) is 5.10 Å². The molecule has 10 heteroatoms. The van der Waals surface area contributed by atoms with E-state index in [1.165, 1.54) is 29.6 Å². The maximum Gasteiger partial charge on any atom is 0.278 e. The van der Waals surface area contributed by atoms with E-state index in [9.17, 15) is 14.9 Å². The van der Waals surface area contributed by atoms with Crippen molar-refractivity contribution in [3.63, 3.8) is 0 Å². The molecule has 0 aliphatic rings. The lowest BCUT2D eigenvalue weighted by Gasteiger charge is -2.19. The molecule has 0 aliphatic heterocycles. The molecule has 1 heterocycles. The van der Waals surface area contributed by atoms with Crippen molar-refractivity contribution in [3.8, 4) is 17.1 Å². The number of rotatable bonds is 8. The number of para-hydroxylation sites is 1. The molecule has 0 radical (unpaired) electrons. The number of aromatic nitrogens is 3. The van der Waals surface area contributed by atoms with Crippen molar-refractivity contribution in [3.05, 3.63) is 99.6 Å². The number of amides is 1. The topological polar surface area (TPSA) is 115 Å². The van der Waals surface area contributed by atoms with Gasteiger partial charge < -0.3 is 0 Å². The molecule has 0 saturated heterocycles. The number of thioether (sulfide) groups is 1. The summed E-state index contributed by atoms with van der Waals surface area (Å²) in [5.41, 5.74) is 6.81. The Morgan fingerprint density at radius 2 is 1.74 bits per heavy atom. The van der Waals surface area contributed by atoms with E-state index in [0.717, 1.165) is 16.8 Å². The quantitative estimate of drug-likeness (QED) is 0.136. The number of aryl methyl sites for hydroxylation is 1. The van der Waals surface area contributed by atoms with Crippen molar-refractivity contribution < 1.29 is 9.72 Å². The molecule has 194 valence electrons. The zero-order valence-electron chi connectivity index (χ0n) is 21.6. The van der Waals surface area contributed by atoms with Crippen LogP contribution >= 0.6 is 11.8 Å². The Morgan fingerprint density at radius 1 is 1.05 bits per heavy atom. The summed E-state index contributed by atoms with van der Waals surface area (Å²) in [7, 11) is 0. The van der Waals surface area contributed by atoms with Crippen LogP contribution in [0.25, 0.3) is 17.1 Å². The zero-order chi connectivity index (χ0) is 27.3. The summed E-state index contributed by atoms with van der Waals surface area (Å²) in [6, 6.07) is 22.5. The van der Waals surface area contributed by atoms with E-state index in [-0.39, 0.29) is 22.8 Å². The van der Waals surface area contributed by atoms with Gasteiger partial charge in [0.1, 0.15) is 0 Å². The molecule has 1 N–H and O–H groups in total. The molecule has 0 bridgehead atoms. The van der Waals surface area contributed by atoms with Gasteiger partial charge in [-0.3, -0.25) is 19.5 Å². The number of benzene rings is 3. The number of carbonyl (C=O) groups excluding carboxylic acids is 1. The SMILES string of the molecule is Cc1ccc(-n2c(SCC(=O)N/N=C/c3ccccc3[N+](=O)[O-])nnc2-c2ccc(C(C)(C)C)cc2)cc1. The Bertz CT molecular complexity index is 1470. The Balaban J connectivity index is 1.54. The number of nitrogens with one attached hydrogen (secondary N) is 1. The van der Waals surface area contributed by atoms with E-state index in [1.807, 2.05) is 47.9 Å². The van der Waals surface area contributed by atoms with Gasteiger partial charge in [-0.25, -0.2) is 5.43 Å². The Kier molecular flexibility index (Phi) is 8.02. The van der Waals surface area contributed by atoms with Crippen molar-refractivity contribution in [2.75, 3.05) is 5.75 Å². The van der Waals surface area contributed by atoms with E-state index >= 15 is 0 Å². The number of nitro groups is 1. The standard InChI is InChI=1S/C28H28N6O3S/c1-19-9-15-23(16-10-19)33-26(20-11-13-22(14-12-20)28(2,3)4)31-32-27(33)38-18-25(35)30-29-17-21-7-5-6-8-24(21)34(36)37/h5-17H,18H2,1-4H3,(H,30,35)/b29-17+. The highest BCUT2D eigenvalue weighted by Crippen LogP contribution is 2.30. The van der Waals surface area contributed by atoms with Crippen LogP contribution in [-0.4, -0.2) is 37.6 Å². The third kappa shape index (κ3) is 6.33. The maximum absolute atomic E-state index is 12.5. The van der Waals surface area contributed by atoms with Gasteiger partial charge in [0.15, 0.2) is 11.0 Å². The van der Waals surface area contributed by atoms with Gasteiger partial charge in [0, 0.05) is 17.3 Å². The molecule has 0 atom stereocenters. The van der Waals surface area contributed by atoms with Crippen molar-refractivity contribution in [2.24, 2.45) is 5.10 Å². The minimum atomic E-state index is -0.495. The normalized spacial score (nSPS) is 11.6. The van der Waals surface area contributed by atoms with Gasteiger partial charge in [0.05, 0.1) is 22.5 Å². The van der Waals surface area contributed by atoms with Crippen LogP contribution in [0.5, 0.6) is 0 Å². The van der Waals surface area contributed by atoms with Gasteiger partial charge in [-0.1, -0.05) is 86.6 Å². The van der Waals surface area contributed by atoms with Crippen LogP contribution in [-0.2, 0) is 10.2 Å². The molecule has 0 aliphatic carbocycles. The van der Waals surface area contributed by atoms with Gasteiger partial charge in [-0.05, 0) is 36.1 Å². The monoisotopic (exact) mass is 528 g/mol. The molecule has 0 saturated carbocycles. The van der Waals surface area contributed by atoms with Crippen LogP contribution in [0.4, 0.5) is 5.69 Å². The summed E-state index contributed by atoms with van der Waals surface area (Å²) in [5.74, 6) is 0.326. The summed E-state index contributed by atoms with van der Waals surface area (Å²) in [5, 5.41) is 24.4. The Morgan fingerprint density at radius 3 is 2.39 bits per heavy atom. The first-order chi connectivity index (χ1) is 18.1. The molecule has 0 fully saturated rings. The van der Waals surface area contributed by atoms with E-state index in [2.05, 4.69) is 53.6 Å². The summed E-state index contributed by atoms with van der Waals surface area (Å²) in [4.78, 5) is 23.1. The van der Waals surface area contributed by atoms with Gasteiger partial charge in [0.2, 0.25) is 0 Å². The first kappa shape index (κ1) is 26.7. The first-order valence-electron chi connectivity index (χ1n) is 11.9. The average molecular weight is 529 g/mol. The predicted molar refractivity (Wildman–Crippen MR) is 150 cm³/mol. The lowest BCUT2D eigenvalue weighted by molar-refractivity contribution is -0.385. The highest BCUT2D eigenvalue weighted by atomic mass is 32.2. The minimum absolute atomic E-state index is 0.0289. The van der Waals surface area contributed by atoms with E-state index in [0.29, 0.717) is 16.5 Å². The highest BCUT2D eigenvalue weighted by Gasteiger charge is 2.19. The van der Waals surface area contributed by atoms with Crippen LogP contribution in [0.2, 0.25) is 0 Å². The van der Waals surface area contributed by atoms with Crippen molar-refractivity contribution in [1.82, 2.24) is 20.2 Å². The highest BCUT2D eigenvalue weighted by molar-refractivity contribution is 7.99. The second-order valence-electron chi connectivity index (χ2n) is 9.70. The van der Waals surface area contributed by atoms with Gasteiger partial charge in [-0.15, -0.1) is 10.2 Å². The number of nitrogens with zero attached hydrogens (tertiary/aromatic N) is 5. The van der Waals surface area contributed by atoms with Crippen LogP contribution in [0.1, 0.15) is 37.5 Å². The summed E-state index contributed by atoms with van der Waals surface area (Å²) < 4.78 is 1.93. The van der Waals surface area contributed by atoms with Crippen molar-refractivity contribution in [2.45, 2.75) is 38.3 Å². The largest absolute Gasteiger partial charge is 0.278 e. The van der Waals surface area contributed by atoms with E-state index < -0.39 is 4.92 Å².